The summed E-state index contributed by atoms with van der Waals surface area (Å²) in [6.45, 7) is 1.71. The maximum Gasteiger partial charge on any atom is 0.243 e. The number of aromatic nitrogens is 2. The predicted molar refractivity (Wildman–Crippen MR) is 69.3 cm³/mol. The molecule has 2 rings (SSSR count). The second-order valence-corrected chi connectivity index (χ2v) is 5.68. The van der Waals surface area contributed by atoms with Crippen molar-refractivity contribution in [1.29, 1.82) is 0 Å². The predicted octanol–water partition coefficient (Wildman–Crippen LogP) is 1.87. The molecule has 0 amide bonds. The first-order chi connectivity index (χ1) is 8.86. The molecule has 2 N–H and O–H groups in total. The van der Waals surface area contributed by atoms with Crippen molar-refractivity contribution >= 4 is 21.6 Å². The van der Waals surface area contributed by atoms with E-state index >= 15 is 0 Å². The summed E-state index contributed by atoms with van der Waals surface area (Å²) in [5.41, 5.74) is 0.271. The molecule has 0 bridgehead atoms. The number of para-hydroxylation sites is 1. The van der Waals surface area contributed by atoms with Crippen molar-refractivity contribution in [2.75, 3.05) is 0 Å². The van der Waals surface area contributed by atoms with Crippen LogP contribution in [-0.2, 0) is 16.4 Å². The Morgan fingerprint density at radius 3 is 2.53 bits per heavy atom. The van der Waals surface area contributed by atoms with Gasteiger partial charge in [-0.3, -0.25) is 0 Å². The molecule has 0 fully saturated rings. The molecule has 1 heterocycles. The van der Waals surface area contributed by atoms with E-state index in [9.17, 15) is 12.8 Å². The van der Waals surface area contributed by atoms with Crippen LogP contribution < -0.4 is 5.14 Å². The lowest BCUT2D eigenvalue weighted by Crippen LogP contribution is -2.14. The van der Waals surface area contributed by atoms with Crippen molar-refractivity contribution in [1.82, 2.24) is 9.78 Å². The van der Waals surface area contributed by atoms with E-state index < -0.39 is 15.8 Å². The summed E-state index contributed by atoms with van der Waals surface area (Å²) in [6.07, 6.45) is 0.312. The highest BCUT2D eigenvalue weighted by atomic mass is 35.5. The minimum Gasteiger partial charge on any atom is -0.224 e. The summed E-state index contributed by atoms with van der Waals surface area (Å²) >= 11 is 5.97. The number of benzene rings is 1. The Morgan fingerprint density at radius 1 is 1.42 bits per heavy atom. The molecule has 0 aliphatic heterocycles. The highest BCUT2D eigenvalue weighted by molar-refractivity contribution is 7.89. The third-order valence-electron chi connectivity index (χ3n) is 2.56. The van der Waals surface area contributed by atoms with Crippen molar-refractivity contribution in [3.8, 4) is 5.69 Å². The van der Waals surface area contributed by atoms with E-state index in [0.29, 0.717) is 6.42 Å². The monoisotopic (exact) mass is 303 g/mol. The average Bonchev–Trinajstić information content (AvgIpc) is 2.66. The molecule has 0 spiro atoms. The number of sulfonamides is 1. The van der Waals surface area contributed by atoms with Crippen molar-refractivity contribution in [2.24, 2.45) is 5.14 Å². The van der Waals surface area contributed by atoms with Crippen LogP contribution in [0.15, 0.2) is 29.2 Å². The van der Waals surface area contributed by atoms with Crippen LogP contribution in [0.25, 0.3) is 5.69 Å². The van der Waals surface area contributed by atoms with Gasteiger partial charge in [0, 0.05) is 0 Å². The number of halogens is 2. The van der Waals surface area contributed by atoms with E-state index in [2.05, 4.69) is 5.10 Å². The fraction of sp³-hybridized carbons (Fsp3) is 0.182. The van der Waals surface area contributed by atoms with Crippen molar-refractivity contribution in [2.45, 2.75) is 18.2 Å². The normalized spacial score (nSPS) is 11.8. The van der Waals surface area contributed by atoms with Crippen molar-refractivity contribution in [3.05, 3.63) is 40.9 Å². The Balaban J connectivity index is 2.75. The third kappa shape index (κ3) is 2.49. The van der Waals surface area contributed by atoms with E-state index in [4.69, 9.17) is 16.7 Å². The first kappa shape index (κ1) is 14.0. The van der Waals surface area contributed by atoms with Gasteiger partial charge in [0.25, 0.3) is 0 Å². The molecule has 0 saturated carbocycles. The minimum absolute atomic E-state index is 0.0668. The van der Waals surface area contributed by atoms with Gasteiger partial charge in [0.2, 0.25) is 10.0 Å². The summed E-state index contributed by atoms with van der Waals surface area (Å²) in [6, 6.07) is 5.78. The van der Waals surface area contributed by atoms with Crippen molar-refractivity contribution < 1.29 is 12.8 Å². The second kappa shape index (κ2) is 4.92. The van der Waals surface area contributed by atoms with Gasteiger partial charge >= 0.3 is 0 Å². The van der Waals surface area contributed by atoms with Crippen LogP contribution in [0.1, 0.15) is 12.6 Å². The third-order valence-corrected chi connectivity index (χ3v) is 4.02. The molecule has 0 radical (unpaired) electrons. The molecule has 0 aliphatic rings. The smallest absolute Gasteiger partial charge is 0.224 e. The summed E-state index contributed by atoms with van der Waals surface area (Å²) in [5, 5.41) is 8.90. The lowest BCUT2D eigenvalue weighted by Gasteiger charge is -2.04. The van der Waals surface area contributed by atoms with Gasteiger partial charge < -0.3 is 0 Å². The number of primary sulfonamides is 1. The zero-order chi connectivity index (χ0) is 14.2. The van der Waals surface area contributed by atoms with Crippen LogP contribution in [0.3, 0.4) is 0 Å². The van der Waals surface area contributed by atoms with Crippen LogP contribution in [0, 0.1) is 5.82 Å². The van der Waals surface area contributed by atoms with Crippen LogP contribution in [0.2, 0.25) is 5.15 Å². The number of rotatable bonds is 3. The topological polar surface area (TPSA) is 78.0 Å². The van der Waals surface area contributed by atoms with Gasteiger partial charge in [-0.2, -0.15) is 5.10 Å². The van der Waals surface area contributed by atoms with Crippen LogP contribution in [0.5, 0.6) is 0 Å². The molecular weight excluding hydrogens is 293 g/mol. The molecule has 0 saturated heterocycles. The molecule has 1 aromatic heterocycles. The SMILES string of the molecule is CCc1nn(-c2ccccc2F)c(Cl)c1S(N)(=O)=O. The number of hydrogen-bond donors (Lipinski definition) is 1. The zero-order valence-electron chi connectivity index (χ0n) is 9.97. The average molecular weight is 304 g/mol. The summed E-state index contributed by atoms with van der Waals surface area (Å²) in [4.78, 5) is -0.264. The molecule has 0 unspecified atom stereocenters. The van der Waals surface area contributed by atoms with Gasteiger partial charge in [0.15, 0.2) is 5.15 Å². The second-order valence-electron chi connectivity index (χ2n) is 3.83. The van der Waals surface area contributed by atoms with Gasteiger partial charge in [-0.15, -0.1) is 0 Å². The number of nitrogens with two attached hydrogens (primary N) is 1. The molecule has 102 valence electrons. The maximum atomic E-state index is 13.7. The Labute approximate surface area is 114 Å². The molecule has 19 heavy (non-hydrogen) atoms. The van der Waals surface area contributed by atoms with Gasteiger partial charge in [0.1, 0.15) is 16.4 Å². The van der Waals surface area contributed by atoms with Crippen molar-refractivity contribution in [3.63, 3.8) is 0 Å². The van der Waals surface area contributed by atoms with E-state index in [-0.39, 0.29) is 21.4 Å². The Hall–Kier alpha value is -1.44. The quantitative estimate of drug-likeness (QED) is 0.940. The lowest BCUT2D eigenvalue weighted by molar-refractivity contribution is 0.596. The first-order valence-corrected chi connectivity index (χ1v) is 7.33. The molecule has 2 aromatic rings. The molecular formula is C11H11ClFN3O2S. The van der Waals surface area contributed by atoms with Gasteiger partial charge in [-0.05, 0) is 18.6 Å². The minimum atomic E-state index is -4.01. The summed E-state index contributed by atoms with van der Waals surface area (Å²) < 4.78 is 37.8. The van der Waals surface area contributed by atoms with Crippen LogP contribution in [0.4, 0.5) is 4.39 Å². The van der Waals surface area contributed by atoms with Gasteiger partial charge in [0.05, 0.1) is 5.69 Å². The first-order valence-electron chi connectivity index (χ1n) is 5.41. The Bertz CT molecular complexity index is 728. The number of nitrogens with zero attached hydrogens (tertiary/aromatic N) is 2. The molecule has 0 atom stereocenters. The highest BCUT2D eigenvalue weighted by Gasteiger charge is 2.25. The van der Waals surface area contributed by atoms with Gasteiger partial charge in [-0.1, -0.05) is 30.7 Å². The molecule has 0 aliphatic carbocycles. The van der Waals surface area contributed by atoms with E-state index in [1.54, 1.807) is 13.0 Å². The molecule has 5 nitrogen and oxygen atoms in total. The lowest BCUT2D eigenvalue weighted by atomic mass is 10.3. The molecule has 8 heteroatoms. The zero-order valence-corrected chi connectivity index (χ0v) is 11.5. The standard InChI is InChI=1S/C11H11ClFN3O2S/c1-2-8-10(19(14,17)18)11(12)16(15-8)9-6-4-3-5-7(9)13/h3-6H,2H2,1H3,(H2,14,17,18). The van der Waals surface area contributed by atoms with Crippen LogP contribution >= 0.6 is 11.6 Å². The van der Waals surface area contributed by atoms with Crippen LogP contribution in [-0.4, -0.2) is 18.2 Å². The number of hydrogen-bond acceptors (Lipinski definition) is 3. The highest BCUT2D eigenvalue weighted by Crippen LogP contribution is 2.28. The summed E-state index contributed by atoms with van der Waals surface area (Å²) in [7, 11) is -4.01. The largest absolute Gasteiger partial charge is 0.243 e. The van der Waals surface area contributed by atoms with E-state index in [0.717, 1.165) is 4.68 Å². The van der Waals surface area contributed by atoms with E-state index in [1.807, 2.05) is 0 Å². The fourth-order valence-electron chi connectivity index (χ4n) is 1.72. The Kier molecular flexibility index (Phi) is 3.62. The maximum absolute atomic E-state index is 13.7. The van der Waals surface area contributed by atoms with Gasteiger partial charge in [-0.25, -0.2) is 22.6 Å². The number of aryl methyl sites for hydroxylation is 1. The summed E-state index contributed by atoms with van der Waals surface area (Å²) in [5.74, 6) is -0.560. The molecule has 1 aromatic carbocycles. The Morgan fingerprint density at radius 2 is 2.05 bits per heavy atom. The van der Waals surface area contributed by atoms with E-state index in [1.165, 1.54) is 18.2 Å². The fourth-order valence-corrected chi connectivity index (χ4v) is 3.12.